The van der Waals surface area contributed by atoms with Crippen molar-refractivity contribution in [3.8, 4) is 0 Å². The Kier molecular flexibility index (Phi) is 9.37. The molecule has 130 valence electrons. The van der Waals surface area contributed by atoms with Crippen molar-refractivity contribution >= 4 is 16.0 Å². The molecule has 1 heterocycles. The smallest absolute Gasteiger partial charge is 0.211 e. The van der Waals surface area contributed by atoms with Crippen molar-refractivity contribution in [2.75, 3.05) is 64.8 Å². The van der Waals surface area contributed by atoms with Gasteiger partial charge in [0.2, 0.25) is 10.0 Å². The number of nitrogens with zero attached hydrogens (tertiary/aromatic N) is 2. The zero-order valence-corrected chi connectivity index (χ0v) is 14.4. The van der Waals surface area contributed by atoms with Crippen molar-refractivity contribution in [2.45, 2.75) is 13.8 Å². The minimum Gasteiger partial charge on any atom is -0.379 e. The third kappa shape index (κ3) is 8.52. The molecule has 0 spiro atoms. The first kappa shape index (κ1) is 19.1. The standard InChI is InChI=1S/C13H29N5O3S/c1-3-14-13(15-5-6-17-22(19,20)4-2)16-7-8-18-9-11-21-12-10-18/h17H,3-12H2,1-2H3,(H2,14,15,16). The van der Waals surface area contributed by atoms with Crippen LogP contribution in [0, 0.1) is 0 Å². The van der Waals surface area contributed by atoms with Gasteiger partial charge in [0.15, 0.2) is 5.96 Å². The Labute approximate surface area is 133 Å². The van der Waals surface area contributed by atoms with Crippen LogP contribution in [0.1, 0.15) is 13.8 Å². The van der Waals surface area contributed by atoms with E-state index in [-0.39, 0.29) is 5.75 Å². The van der Waals surface area contributed by atoms with Crippen molar-refractivity contribution in [2.24, 2.45) is 4.99 Å². The molecule has 9 heteroatoms. The van der Waals surface area contributed by atoms with E-state index in [2.05, 4.69) is 25.2 Å². The van der Waals surface area contributed by atoms with E-state index in [9.17, 15) is 8.42 Å². The van der Waals surface area contributed by atoms with Gasteiger partial charge in [-0.1, -0.05) is 0 Å². The lowest BCUT2D eigenvalue weighted by atomic mass is 10.4. The lowest BCUT2D eigenvalue weighted by Gasteiger charge is -2.26. The third-order valence-electron chi connectivity index (χ3n) is 3.25. The van der Waals surface area contributed by atoms with Gasteiger partial charge in [-0.2, -0.15) is 0 Å². The summed E-state index contributed by atoms with van der Waals surface area (Å²) in [6, 6.07) is 0. The fourth-order valence-electron chi connectivity index (χ4n) is 1.97. The summed E-state index contributed by atoms with van der Waals surface area (Å²) in [5, 5.41) is 6.41. The second-order valence-corrected chi connectivity index (χ2v) is 7.03. The van der Waals surface area contributed by atoms with Crippen LogP contribution in [0.5, 0.6) is 0 Å². The van der Waals surface area contributed by atoms with E-state index in [1.54, 1.807) is 6.92 Å². The number of aliphatic imine (C=N–C) groups is 1. The first-order chi connectivity index (χ1) is 10.6. The van der Waals surface area contributed by atoms with Gasteiger partial charge in [-0.3, -0.25) is 9.89 Å². The van der Waals surface area contributed by atoms with Gasteiger partial charge in [0.05, 0.1) is 25.5 Å². The predicted octanol–water partition coefficient (Wildman–Crippen LogP) is -1.19. The average Bonchev–Trinajstić information content (AvgIpc) is 2.52. The van der Waals surface area contributed by atoms with E-state index in [0.717, 1.165) is 45.9 Å². The molecule has 0 saturated carbocycles. The molecular weight excluding hydrogens is 306 g/mol. The summed E-state index contributed by atoms with van der Waals surface area (Å²) in [6.45, 7) is 10.4. The van der Waals surface area contributed by atoms with Gasteiger partial charge in [-0.15, -0.1) is 0 Å². The molecule has 3 N–H and O–H groups in total. The number of rotatable bonds is 9. The maximum Gasteiger partial charge on any atom is 0.211 e. The van der Waals surface area contributed by atoms with Crippen molar-refractivity contribution in [1.29, 1.82) is 0 Å². The molecule has 0 aliphatic carbocycles. The van der Waals surface area contributed by atoms with Crippen LogP contribution in [0.15, 0.2) is 4.99 Å². The van der Waals surface area contributed by atoms with E-state index < -0.39 is 10.0 Å². The van der Waals surface area contributed by atoms with Crippen LogP contribution >= 0.6 is 0 Å². The molecule has 0 aromatic carbocycles. The van der Waals surface area contributed by atoms with E-state index in [1.807, 2.05) is 6.92 Å². The molecule has 8 nitrogen and oxygen atoms in total. The summed E-state index contributed by atoms with van der Waals surface area (Å²) in [5.41, 5.74) is 0. The zero-order chi connectivity index (χ0) is 16.3. The van der Waals surface area contributed by atoms with Gasteiger partial charge < -0.3 is 15.4 Å². The first-order valence-corrected chi connectivity index (χ1v) is 9.52. The molecule has 0 unspecified atom stereocenters. The third-order valence-corrected chi connectivity index (χ3v) is 4.66. The highest BCUT2D eigenvalue weighted by Gasteiger charge is 2.09. The van der Waals surface area contributed by atoms with E-state index in [4.69, 9.17) is 4.74 Å². The monoisotopic (exact) mass is 335 g/mol. The summed E-state index contributed by atoms with van der Waals surface area (Å²) < 4.78 is 30.4. The molecule has 0 bridgehead atoms. The highest BCUT2D eigenvalue weighted by molar-refractivity contribution is 7.89. The van der Waals surface area contributed by atoms with Crippen LogP contribution in [-0.2, 0) is 14.8 Å². The highest BCUT2D eigenvalue weighted by atomic mass is 32.2. The van der Waals surface area contributed by atoms with Gasteiger partial charge in [-0.05, 0) is 13.8 Å². The quantitative estimate of drug-likeness (QED) is 0.279. The lowest BCUT2D eigenvalue weighted by molar-refractivity contribution is 0.0389. The van der Waals surface area contributed by atoms with Crippen LogP contribution in [0.4, 0.5) is 0 Å². The normalized spacial score (nSPS) is 17.5. The van der Waals surface area contributed by atoms with Crippen LogP contribution in [0.25, 0.3) is 0 Å². The number of sulfonamides is 1. The Balaban J connectivity index is 2.25. The van der Waals surface area contributed by atoms with Gasteiger partial charge in [0.1, 0.15) is 0 Å². The average molecular weight is 335 g/mol. The van der Waals surface area contributed by atoms with Gasteiger partial charge >= 0.3 is 0 Å². The van der Waals surface area contributed by atoms with Crippen LogP contribution in [-0.4, -0.2) is 84.1 Å². The maximum absolute atomic E-state index is 11.3. The summed E-state index contributed by atoms with van der Waals surface area (Å²) in [7, 11) is -3.14. The minimum atomic E-state index is -3.14. The number of hydrogen-bond acceptors (Lipinski definition) is 5. The molecule has 22 heavy (non-hydrogen) atoms. The molecular formula is C13H29N5O3S. The molecule has 1 saturated heterocycles. The number of morpholine rings is 1. The van der Waals surface area contributed by atoms with Crippen molar-refractivity contribution in [3.63, 3.8) is 0 Å². The number of ether oxygens (including phenoxy) is 1. The van der Waals surface area contributed by atoms with E-state index >= 15 is 0 Å². The van der Waals surface area contributed by atoms with E-state index in [0.29, 0.717) is 19.0 Å². The summed E-state index contributed by atoms with van der Waals surface area (Å²) in [4.78, 5) is 6.70. The summed E-state index contributed by atoms with van der Waals surface area (Å²) in [5.74, 6) is 0.806. The molecule has 0 atom stereocenters. The molecule has 0 radical (unpaired) electrons. The molecule has 1 fully saturated rings. The molecule has 0 aromatic heterocycles. The highest BCUT2D eigenvalue weighted by Crippen LogP contribution is 1.94. The molecule has 0 amide bonds. The fourth-order valence-corrected chi connectivity index (χ4v) is 2.58. The second kappa shape index (κ2) is 10.8. The predicted molar refractivity (Wildman–Crippen MR) is 88.7 cm³/mol. The van der Waals surface area contributed by atoms with Crippen LogP contribution in [0.2, 0.25) is 0 Å². The van der Waals surface area contributed by atoms with Crippen molar-refractivity contribution in [1.82, 2.24) is 20.3 Å². The Morgan fingerprint density at radius 3 is 2.55 bits per heavy atom. The Hall–Kier alpha value is -0.900. The number of hydrogen-bond donors (Lipinski definition) is 3. The maximum atomic E-state index is 11.3. The topological polar surface area (TPSA) is 95.1 Å². The summed E-state index contributed by atoms with van der Waals surface area (Å²) >= 11 is 0. The second-order valence-electron chi connectivity index (χ2n) is 4.94. The Bertz CT molecular complexity index is 421. The Morgan fingerprint density at radius 1 is 1.18 bits per heavy atom. The number of guanidine groups is 1. The molecule has 1 aliphatic rings. The SMILES string of the molecule is CCNC(=NCCNS(=O)(=O)CC)NCCN1CCOCC1. The first-order valence-electron chi connectivity index (χ1n) is 7.87. The molecule has 1 aliphatic heterocycles. The van der Waals surface area contributed by atoms with E-state index in [1.165, 1.54) is 0 Å². The van der Waals surface area contributed by atoms with Crippen LogP contribution in [0.3, 0.4) is 0 Å². The van der Waals surface area contributed by atoms with Crippen LogP contribution < -0.4 is 15.4 Å². The Morgan fingerprint density at radius 2 is 1.91 bits per heavy atom. The largest absolute Gasteiger partial charge is 0.379 e. The number of nitrogens with one attached hydrogen (secondary N) is 3. The summed E-state index contributed by atoms with van der Waals surface area (Å²) in [6.07, 6.45) is 0. The van der Waals surface area contributed by atoms with Crippen molar-refractivity contribution < 1.29 is 13.2 Å². The van der Waals surface area contributed by atoms with Gasteiger partial charge in [0, 0.05) is 39.3 Å². The molecule has 1 rings (SSSR count). The van der Waals surface area contributed by atoms with Crippen molar-refractivity contribution in [3.05, 3.63) is 0 Å². The lowest BCUT2D eigenvalue weighted by Crippen LogP contribution is -2.44. The van der Waals surface area contributed by atoms with Gasteiger partial charge in [0.25, 0.3) is 0 Å². The van der Waals surface area contributed by atoms with Gasteiger partial charge in [-0.25, -0.2) is 13.1 Å². The minimum absolute atomic E-state index is 0.0918. The molecule has 0 aromatic rings. The fraction of sp³-hybridized carbons (Fsp3) is 0.923. The zero-order valence-electron chi connectivity index (χ0n) is 13.6.